The number of anilines is 2. The molecule has 1 aromatic carbocycles. The summed E-state index contributed by atoms with van der Waals surface area (Å²) in [5.41, 5.74) is 0.811. The second-order valence-electron chi connectivity index (χ2n) is 10.5. The van der Waals surface area contributed by atoms with E-state index in [0.717, 1.165) is 24.8 Å². The van der Waals surface area contributed by atoms with Crippen LogP contribution in [0.25, 0.3) is 0 Å². The van der Waals surface area contributed by atoms with Crippen LogP contribution in [0.4, 0.5) is 16.4 Å². The van der Waals surface area contributed by atoms with E-state index in [1.54, 1.807) is 51.6 Å². The summed E-state index contributed by atoms with van der Waals surface area (Å²) in [6.07, 6.45) is 7.00. The molecular weight excluding hydrogens is 510 g/mol. The number of rotatable bonds is 8. The molecule has 1 fully saturated rings. The molecule has 12 nitrogen and oxygen atoms in total. The van der Waals surface area contributed by atoms with Gasteiger partial charge in [-0.15, -0.1) is 5.10 Å². The Balaban J connectivity index is 1.32. The van der Waals surface area contributed by atoms with Crippen LogP contribution in [0.15, 0.2) is 47.9 Å². The van der Waals surface area contributed by atoms with Crippen LogP contribution in [-0.4, -0.2) is 50.9 Å². The Morgan fingerprint density at radius 1 is 1.11 bits per heavy atom. The minimum Gasteiger partial charge on any atom is -0.460 e. The molecule has 1 saturated carbocycles. The highest BCUT2D eigenvalue weighted by molar-refractivity contribution is 7.90. The fourth-order valence-electron chi connectivity index (χ4n) is 4.10. The summed E-state index contributed by atoms with van der Waals surface area (Å²) in [4.78, 5) is 20.6. The maximum atomic E-state index is 12.4. The van der Waals surface area contributed by atoms with Gasteiger partial charge in [0.2, 0.25) is 5.95 Å². The Bertz CT molecular complexity index is 1350. The third-order valence-electron chi connectivity index (χ3n) is 5.93. The first-order valence-corrected chi connectivity index (χ1v) is 13.9. The van der Waals surface area contributed by atoms with Crippen LogP contribution in [-0.2, 0) is 14.8 Å². The molecule has 2 heterocycles. The smallest absolute Gasteiger partial charge is 0.421 e. The first kappa shape index (κ1) is 27.3. The van der Waals surface area contributed by atoms with Crippen LogP contribution in [0.1, 0.15) is 71.4 Å². The number of hydrogen-bond donors (Lipinski definition) is 2. The first-order chi connectivity index (χ1) is 17.9. The Labute approximate surface area is 222 Å². The van der Waals surface area contributed by atoms with Crippen LogP contribution in [0.5, 0.6) is 6.01 Å². The van der Waals surface area contributed by atoms with Crippen molar-refractivity contribution in [3.63, 3.8) is 0 Å². The van der Waals surface area contributed by atoms with Gasteiger partial charge in [0.25, 0.3) is 10.0 Å². The van der Waals surface area contributed by atoms with Gasteiger partial charge in [0.05, 0.1) is 4.90 Å². The molecule has 0 spiro atoms. The molecule has 0 unspecified atom stereocenters. The summed E-state index contributed by atoms with van der Waals surface area (Å²) in [5.74, 6) is 0.665. The van der Waals surface area contributed by atoms with Crippen molar-refractivity contribution >= 4 is 27.8 Å². The number of aromatic nitrogens is 5. The van der Waals surface area contributed by atoms with Crippen molar-refractivity contribution in [2.24, 2.45) is 0 Å². The van der Waals surface area contributed by atoms with Crippen LogP contribution < -0.4 is 14.8 Å². The number of hydrogen-bond acceptors (Lipinski definition) is 10. The van der Waals surface area contributed by atoms with E-state index < -0.39 is 21.7 Å². The molecule has 38 heavy (non-hydrogen) atoms. The van der Waals surface area contributed by atoms with Crippen molar-refractivity contribution in [3.8, 4) is 6.01 Å². The minimum absolute atomic E-state index is 0.0547. The average Bonchev–Trinajstić information content (AvgIpc) is 3.48. The van der Waals surface area contributed by atoms with E-state index >= 15 is 0 Å². The average molecular weight is 544 g/mol. The van der Waals surface area contributed by atoms with Gasteiger partial charge < -0.3 is 14.8 Å². The van der Waals surface area contributed by atoms with Gasteiger partial charge in [-0.05, 0) is 89.6 Å². The normalized spacial score (nSPS) is 17.8. The maximum Gasteiger partial charge on any atom is 0.421 e. The van der Waals surface area contributed by atoms with Crippen LogP contribution in [0, 0.1) is 0 Å². The third kappa shape index (κ3) is 6.97. The molecule has 2 atom stereocenters. The van der Waals surface area contributed by atoms with Crippen molar-refractivity contribution in [3.05, 3.63) is 48.5 Å². The van der Waals surface area contributed by atoms with E-state index in [9.17, 15) is 13.2 Å². The quantitative estimate of drug-likeness (QED) is 0.420. The zero-order valence-corrected chi connectivity index (χ0v) is 22.9. The minimum atomic E-state index is -4.07. The topological polar surface area (TPSA) is 150 Å². The number of benzene rings is 1. The maximum absolute atomic E-state index is 12.4. The van der Waals surface area contributed by atoms with Crippen LogP contribution in [0.2, 0.25) is 0 Å². The lowest BCUT2D eigenvalue weighted by Gasteiger charge is -2.19. The van der Waals surface area contributed by atoms with E-state index in [0.29, 0.717) is 17.6 Å². The molecular formula is C25H33N7O5S. The largest absolute Gasteiger partial charge is 0.460 e. The Morgan fingerprint density at radius 3 is 2.42 bits per heavy atom. The summed E-state index contributed by atoms with van der Waals surface area (Å²) < 4.78 is 39.8. The molecule has 1 aliphatic carbocycles. The van der Waals surface area contributed by atoms with Gasteiger partial charge in [-0.25, -0.2) is 27.9 Å². The molecule has 2 aromatic heterocycles. The van der Waals surface area contributed by atoms with Crippen molar-refractivity contribution < 1.29 is 22.7 Å². The molecule has 1 aliphatic rings. The standard InChI is InChI=1S/C25H33N7O5S/c1-16(2)32-15-28-30-23(32)36-20-9-6-17(12-20)18-13-26-22(27-14-18)29-19-7-10-21(11-8-19)38(34,35)31-24(33)37-25(3,4)5/h7-8,10-11,13-17,20H,6,9,12H2,1-5H3,(H,31,33)(H,26,27,29)/t17-,20+/m1/s1. The van der Waals surface area contributed by atoms with E-state index in [1.165, 1.54) is 12.1 Å². The van der Waals surface area contributed by atoms with E-state index in [1.807, 2.05) is 9.29 Å². The van der Waals surface area contributed by atoms with E-state index in [2.05, 4.69) is 39.3 Å². The van der Waals surface area contributed by atoms with Crippen molar-refractivity contribution in [1.82, 2.24) is 29.5 Å². The Morgan fingerprint density at radius 2 is 1.79 bits per heavy atom. The predicted octanol–water partition coefficient (Wildman–Crippen LogP) is 4.32. The summed E-state index contributed by atoms with van der Waals surface area (Å²) in [5, 5.41) is 11.1. The van der Waals surface area contributed by atoms with E-state index in [4.69, 9.17) is 9.47 Å². The van der Waals surface area contributed by atoms with Gasteiger partial charge in [0.15, 0.2) is 0 Å². The molecule has 13 heteroatoms. The number of ether oxygens (including phenoxy) is 2. The summed E-state index contributed by atoms with van der Waals surface area (Å²) >= 11 is 0. The van der Waals surface area contributed by atoms with Crippen molar-refractivity contribution in [1.29, 1.82) is 0 Å². The zero-order valence-electron chi connectivity index (χ0n) is 22.1. The lowest BCUT2D eigenvalue weighted by molar-refractivity contribution is 0.0570. The molecule has 204 valence electrons. The highest BCUT2D eigenvalue weighted by atomic mass is 32.2. The van der Waals surface area contributed by atoms with E-state index in [-0.39, 0.29) is 23.0 Å². The number of amides is 1. The molecule has 2 N–H and O–H groups in total. The zero-order chi connectivity index (χ0) is 27.5. The molecule has 4 rings (SSSR count). The summed E-state index contributed by atoms with van der Waals surface area (Å²) in [6.45, 7) is 9.06. The molecule has 0 aliphatic heterocycles. The molecule has 3 aromatic rings. The first-order valence-electron chi connectivity index (χ1n) is 12.4. The molecule has 0 bridgehead atoms. The number of nitrogens with zero attached hydrogens (tertiary/aromatic N) is 5. The van der Waals surface area contributed by atoms with Gasteiger partial charge in [-0.1, -0.05) is 5.10 Å². The number of sulfonamides is 1. The van der Waals surface area contributed by atoms with Crippen LogP contribution >= 0.6 is 0 Å². The second-order valence-corrected chi connectivity index (χ2v) is 12.1. The lowest BCUT2D eigenvalue weighted by atomic mass is 10.0. The van der Waals surface area contributed by atoms with Crippen LogP contribution in [0.3, 0.4) is 0 Å². The van der Waals surface area contributed by atoms with Gasteiger partial charge in [-0.2, -0.15) is 0 Å². The van der Waals surface area contributed by atoms with Gasteiger partial charge in [0, 0.05) is 24.1 Å². The lowest BCUT2D eigenvalue weighted by Crippen LogP contribution is -2.36. The monoisotopic (exact) mass is 543 g/mol. The Hall–Kier alpha value is -3.74. The number of carbonyl (C=O) groups excluding carboxylic acids is 1. The fraction of sp³-hybridized carbons (Fsp3) is 0.480. The predicted molar refractivity (Wildman–Crippen MR) is 140 cm³/mol. The highest BCUT2D eigenvalue weighted by Gasteiger charge is 2.29. The SMILES string of the molecule is CC(C)n1cnnc1O[C@H]1CC[C@@H](c2cnc(Nc3ccc(S(=O)(=O)NC(=O)OC(C)(C)C)cc3)nc2)C1. The molecule has 0 saturated heterocycles. The fourth-order valence-corrected chi connectivity index (χ4v) is 4.97. The number of carbonyl (C=O) groups is 1. The molecule has 0 radical (unpaired) electrons. The summed E-state index contributed by atoms with van der Waals surface area (Å²) in [7, 11) is -4.07. The van der Waals surface area contributed by atoms with Gasteiger partial charge in [0.1, 0.15) is 18.0 Å². The Kier molecular flexibility index (Phi) is 7.86. The third-order valence-corrected chi connectivity index (χ3v) is 7.26. The van der Waals surface area contributed by atoms with Crippen molar-refractivity contribution in [2.45, 2.75) is 82.4 Å². The van der Waals surface area contributed by atoms with Gasteiger partial charge in [-0.3, -0.25) is 4.57 Å². The van der Waals surface area contributed by atoms with Crippen molar-refractivity contribution in [2.75, 3.05) is 5.32 Å². The molecule has 1 amide bonds. The summed E-state index contributed by atoms with van der Waals surface area (Å²) in [6, 6.07) is 6.65. The second kappa shape index (κ2) is 10.9. The highest BCUT2D eigenvalue weighted by Crippen LogP contribution is 2.36. The number of nitrogens with one attached hydrogen (secondary N) is 2. The van der Waals surface area contributed by atoms with Gasteiger partial charge >= 0.3 is 12.1 Å².